The Balaban J connectivity index is 2.95. The van der Waals surface area contributed by atoms with Gasteiger partial charge in [-0.05, 0) is 19.8 Å². The van der Waals surface area contributed by atoms with Crippen LogP contribution in [0.4, 0.5) is 0 Å². The molecule has 1 atom stereocenters. The molecule has 2 amide bonds. The molecule has 5 nitrogen and oxygen atoms in total. The lowest BCUT2D eigenvalue weighted by atomic mass is 9.91. The van der Waals surface area contributed by atoms with Gasteiger partial charge in [0.1, 0.15) is 11.5 Å². The van der Waals surface area contributed by atoms with Gasteiger partial charge in [-0.15, -0.1) is 0 Å². The molecule has 1 unspecified atom stereocenters. The Morgan fingerprint density at radius 1 is 1.53 bits per heavy atom. The summed E-state index contributed by atoms with van der Waals surface area (Å²) in [5.41, 5.74) is -0.876. The number of carbonyl (C=O) groups is 2. The fourth-order valence-electron chi connectivity index (χ4n) is 1.94. The van der Waals surface area contributed by atoms with E-state index in [1.54, 1.807) is 13.8 Å². The number of amides is 2. The SMILES string of the molecule is CC(C)C(C#N)C(=O)N1CCNC(=O)C1(C)C. The maximum atomic E-state index is 12.3. The summed E-state index contributed by atoms with van der Waals surface area (Å²) in [6.45, 7) is 7.99. The highest BCUT2D eigenvalue weighted by Gasteiger charge is 2.42. The van der Waals surface area contributed by atoms with Crippen LogP contribution in [-0.4, -0.2) is 35.3 Å². The van der Waals surface area contributed by atoms with E-state index in [-0.39, 0.29) is 17.7 Å². The number of rotatable bonds is 2. The number of hydrogen-bond donors (Lipinski definition) is 1. The highest BCUT2D eigenvalue weighted by molar-refractivity contribution is 5.93. The Labute approximate surface area is 102 Å². The standard InChI is InChI=1S/C12H19N3O2/c1-8(2)9(7-13)10(16)15-6-5-14-11(17)12(15,3)4/h8-9H,5-6H2,1-4H3,(H,14,17). The molecule has 1 rings (SSSR count). The van der Waals surface area contributed by atoms with Crippen molar-refractivity contribution in [1.29, 1.82) is 5.26 Å². The van der Waals surface area contributed by atoms with Crippen molar-refractivity contribution in [2.24, 2.45) is 11.8 Å². The van der Waals surface area contributed by atoms with Gasteiger partial charge < -0.3 is 10.2 Å². The summed E-state index contributed by atoms with van der Waals surface area (Å²) in [4.78, 5) is 25.5. The Hall–Kier alpha value is -1.57. The Bertz CT molecular complexity index is 368. The number of hydrogen-bond acceptors (Lipinski definition) is 3. The summed E-state index contributed by atoms with van der Waals surface area (Å²) in [5.74, 6) is -1.15. The zero-order chi connectivity index (χ0) is 13.2. The lowest BCUT2D eigenvalue weighted by Crippen LogP contribution is -2.64. The van der Waals surface area contributed by atoms with Crippen LogP contribution >= 0.6 is 0 Å². The summed E-state index contributed by atoms with van der Waals surface area (Å²) < 4.78 is 0. The Morgan fingerprint density at radius 3 is 2.59 bits per heavy atom. The monoisotopic (exact) mass is 237 g/mol. The zero-order valence-corrected chi connectivity index (χ0v) is 10.8. The number of carbonyl (C=O) groups excluding carboxylic acids is 2. The van der Waals surface area contributed by atoms with E-state index in [9.17, 15) is 9.59 Å². The molecule has 0 spiro atoms. The topological polar surface area (TPSA) is 73.2 Å². The average Bonchev–Trinajstić information content (AvgIpc) is 2.22. The summed E-state index contributed by atoms with van der Waals surface area (Å²) >= 11 is 0. The van der Waals surface area contributed by atoms with Gasteiger partial charge in [-0.25, -0.2) is 0 Å². The predicted octanol–water partition coefficient (Wildman–Crippen LogP) is 0.519. The van der Waals surface area contributed by atoms with Gasteiger partial charge in [0.05, 0.1) is 6.07 Å². The molecule has 94 valence electrons. The first-order chi connectivity index (χ1) is 7.82. The van der Waals surface area contributed by atoms with Gasteiger partial charge >= 0.3 is 0 Å². The largest absolute Gasteiger partial charge is 0.352 e. The van der Waals surface area contributed by atoms with Crippen LogP contribution in [-0.2, 0) is 9.59 Å². The molecular formula is C12H19N3O2. The van der Waals surface area contributed by atoms with Crippen molar-refractivity contribution in [2.45, 2.75) is 33.2 Å². The van der Waals surface area contributed by atoms with Gasteiger partial charge in [0, 0.05) is 13.1 Å². The second-order valence-electron chi connectivity index (χ2n) is 5.16. The van der Waals surface area contributed by atoms with Crippen molar-refractivity contribution in [1.82, 2.24) is 10.2 Å². The van der Waals surface area contributed by atoms with Crippen molar-refractivity contribution < 1.29 is 9.59 Å². The molecule has 0 bridgehead atoms. The average molecular weight is 237 g/mol. The van der Waals surface area contributed by atoms with Crippen LogP contribution < -0.4 is 5.32 Å². The second-order valence-corrected chi connectivity index (χ2v) is 5.16. The van der Waals surface area contributed by atoms with E-state index >= 15 is 0 Å². The van der Waals surface area contributed by atoms with Crippen molar-refractivity contribution >= 4 is 11.8 Å². The molecule has 1 saturated heterocycles. The fourth-order valence-corrected chi connectivity index (χ4v) is 1.94. The summed E-state index contributed by atoms with van der Waals surface area (Å²) in [6.07, 6.45) is 0. The fraction of sp³-hybridized carbons (Fsp3) is 0.750. The molecule has 0 aromatic carbocycles. The van der Waals surface area contributed by atoms with Gasteiger partial charge in [-0.2, -0.15) is 5.26 Å². The number of nitriles is 1. The van der Waals surface area contributed by atoms with Crippen molar-refractivity contribution in [3.63, 3.8) is 0 Å². The minimum absolute atomic E-state index is 0.0479. The van der Waals surface area contributed by atoms with Crippen LogP contribution in [0.5, 0.6) is 0 Å². The number of nitrogens with zero attached hydrogens (tertiary/aromatic N) is 2. The van der Waals surface area contributed by atoms with E-state index < -0.39 is 11.5 Å². The first-order valence-electron chi connectivity index (χ1n) is 5.81. The Kier molecular flexibility index (Phi) is 3.76. The molecule has 0 saturated carbocycles. The molecule has 1 fully saturated rings. The van der Waals surface area contributed by atoms with Crippen LogP contribution in [0.15, 0.2) is 0 Å². The molecule has 5 heteroatoms. The Morgan fingerprint density at radius 2 is 2.12 bits per heavy atom. The minimum atomic E-state index is -0.876. The quantitative estimate of drug-likeness (QED) is 0.761. The van der Waals surface area contributed by atoms with E-state index in [0.717, 1.165) is 0 Å². The van der Waals surface area contributed by atoms with Gasteiger partial charge in [-0.1, -0.05) is 13.8 Å². The molecule has 0 aliphatic carbocycles. The van der Waals surface area contributed by atoms with Crippen molar-refractivity contribution in [2.75, 3.05) is 13.1 Å². The molecule has 0 radical (unpaired) electrons. The maximum absolute atomic E-state index is 12.3. The third-order valence-electron chi connectivity index (χ3n) is 3.19. The summed E-state index contributed by atoms with van der Waals surface area (Å²) in [7, 11) is 0. The first-order valence-corrected chi connectivity index (χ1v) is 5.81. The highest BCUT2D eigenvalue weighted by Crippen LogP contribution is 2.23. The number of piperazine rings is 1. The minimum Gasteiger partial charge on any atom is -0.352 e. The third-order valence-corrected chi connectivity index (χ3v) is 3.19. The molecule has 1 N–H and O–H groups in total. The van der Waals surface area contributed by atoms with Crippen molar-refractivity contribution in [3.05, 3.63) is 0 Å². The van der Waals surface area contributed by atoms with Gasteiger partial charge in [-0.3, -0.25) is 9.59 Å². The summed E-state index contributed by atoms with van der Waals surface area (Å²) in [6, 6.07) is 2.03. The van der Waals surface area contributed by atoms with E-state index in [4.69, 9.17) is 5.26 Å². The normalized spacial score (nSPS) is 20.7. The van der Waals surface area contributed by atoms with Gasteiger partial charge in [0.15, 0.2) is 0 Å². The van der Waals surface area contributed by atoms with Crippen LogP contribution in [0.25, 0.3) is 0 Å². The molecule has 1 aliphatic rings. The first kappa shape index (κ1) is 13.5. The van der Waals surface area contributed by atoms with Gasteiger partial charge in [0.2, 0.25) is 11.8 Å². The van der Waals surface area contributed by atoms with Crippen LogP contribution in [0, 0.1) is 23.2 Å². The van der Waals surface area contributed by atoms with Crippen LogP contribution in [0.2, 0.25) is 0 Å². The summed E-state index contributed by atoms with van der Waals surface area (Å²) in [5, 5.41) is 11.8. The van der Waals surface area contributed by atoms with Crippen molar-refractivity contribution in [3.8, 4) is 6.07 Å². The molecule has 1 aliphatic heterocycles. The number of nitrogens with one attached hydrogen (secondary N) is 1. The molecule has 17 heavy (non-hydrogen) atoms. The molecule has 0 aromatic rings. The van der Waals surface area contributed by atoms with E-state index in [1.165, 1.54) is 4.90 Å². The van der Waals surface area contributed by atoms with E-state index in [2.05, 4.69) is 5.32 Å². The maximum Gasteiger partial charge on any atom is 0.245 e. The van der Waals surface area contributed by atoms with E-state index in [1.807, 2.05) is 19.9 Å². The predicted molar refractivity (Wildman–Crippen MR) is 62.7 cm³/mol. The van der Waals surface area contributed by atoms with E-state index in [0.29, 0.717) is 13.1 Å². The lowest BCUT2D eigenvalue weighted by Gasteiger charge is -2.42. The van der Waals surface area contributed by atoms with Crippen LogP contribution in [0.1, 0.15) is 27.7 Å². The lowest BCUT2D eigenvalue weighted by molar-refractivity contribution is -0.151. The molecular weight excluding hydrogens is 218 g/mol. The highest BCUT2D eigenvalue weighted by atomic mass is 16.2. The zero-order valence-electron chi connectivity index (χ0n) is 10.8. The third kappa shape index (κ3) is 2.41. The smallest absolute Gasteiger partial charge is 0.245 e. The van der Waals surface area contributed by atoms with Gasteiger partial charge in [0.25, 0.3) is 0 Å². The molecule has 1 heterocycles. The molecule has 0 aromatic heterocycles. The second kappa shape index (κ2) is 4.74. The van der Waals surface area contributed by atoms with Crippen LogP contribution in [0.3, 0.4) is 0 Å².